The van der Waals surface area contributed by atoms with Crippen LogP contribution in [0, 0.1) is 11.8 Å². The first-order valence-electron chi connectivity index (χ1n) is 5.87. The molecule has 3 atom stereocenters. The van der Waals surface area contributed by atoms with Gasteiger partial charge < -0.3 is 5.73 Å². The Labute approximate surface area is 104 Å². The highest BCUT2D eigenvalue weighted by atomic mass is 32.2. The minimum atomic E-state index is -0.480. The fourth-order valence-electron chi connectivity index (χ4n) is 3.50. The van der Waals surface area contributed by atoms with Crippen molar-refractivity contribution < 1.29 is 4.79 Å². The number of thioether (sulfide) groups is 1. The average Bonchev–Trinajstić information content (AvgIpc) is 2.73. The van der Waals surface area contributed by atoms with E-state index in [1.165, 1.54) is 6.42 Å². The molecule has 2 N–H and O–H groups in total. The molecule has 2 aliphatic rings. The molecule has 1 aromatic heterocycles. The summed E-state index contributed by atoms with van der Waals surface area (Å²) in [6, 6.07) is 1.92. The van der Waals surface area contributed by atoms with Crippen molar-refractivity contribution in [1.82, 2.24) is 9.97 Å². The van der Waals surface area contributed by atoms with Crippen molar-refractivity contribution >= 4 is 17.7 Å². The van der Waals surface area contributed by atoms with Crippen molar-refractivity contribution in [3.8, 4) is 0 Å². The Morgan fingerprint density at radius 3 is 2.76 bits per heavy atom. The van der Waals surface area contributed by atoms with Crippen molar-refractivity contribution in [2.24, 2.45) is 17.6 Å². The van der Waals surface area contributed by atoms with Crippen LogP contribution in [0.1, 0.15) is 25.0 Å². The molecule has 0 spiro atoms. The monoisotopic (exact) mass is 249 g/mol. The van der Waals surface area contributed by atoms with Gasteiger partial charge in [0.15, 0.2) is 0 Å². The van der Waals surface area contributed by atoms with E-state index in [4.69, 9.17) is 5.73 Å². The van der Waals surface area contributed by atoms with Gasteiger partial charge in [-0.3, -0.25) is 4.79 Å². The second-order valence-electron chi connectivity index (χ2n) is 4.82. The molecule has 17 heavy (non-hydrogen) atoms. The Balaban J connectivity index is 2.03. The summed E-state index contributed by atoms with van der Waals surface area (Å²) in [6.45, 7) is 0. The summed E-state index contributed by atoms with van der Waals surface area (Å²) in [5.74, 6) is 0.632. The summed E-state index contributed by atoms with van der Waals surface area (Å²) in [4.78, 5) is 20.3. The standard InChI is InChI=1S/C12H15N3OS/c1-17-10-5-9(14-6-15-10)12(11(13)16)7-3-2-4-8(7)12/h5-8H,2-4H2,1H3,(H2,13,16)/t7-,8+,12?. The Kier molecular flexibility index (Phi) is 2.40. The topological polar surface area (TPSA) is 68.9 Å². The van der Waals surface area contributed by atoms with Crippen LogP contribution in [-0.4, -0.2) is 22.1 Å². The molecule has 0 aliphatic heterocycles. The van der Waals surface area contributed by atoms with Crippen LogP contribution in [0.5, 0.6) is 0 Å². The van der Waals surface area contributed by atoms with Gasteiger partial charge in [-0.2, -0.15) is 0 Å². The van der Waals surface area contributed by atoms with Gasteiger partial charge in [-0.05, 0) is 37.0 Å². The molecule has 5 heteroatoms. The van der Waals surface area contributed by atoms with Crippen LogP contribution < -0.4 is 5.73 Å². The second kappa shape index (κ2) is 3.70. The highest BCUT2D eigenvalue weighted by Gasteiger charge is 2.71. The van der Waals surface area contributed by atoms with E-state index in [1.54, 1.807) is 18.1 Å². The third-order valence-corrected chi connectivity index (χ3v) is 4.90. The van der Waals surface area contributed by atoms with Crippen LogP contribution in [0.4, 0.5) is 0 Å². The van der Waals surface area contributed by atoms with Crippen LogP contribution in [0.15, 0.2) is 17.4 Å². The summed E-state index contributed by atoms with van der Waals surface area (Å²) in [5.41, 5.74) is 5.99. The molecule has 1 aromatic rings. The van der Waals surface area contributed by atoms with Gasteiger partial charge in [-0.25, -0.2) is 9.97 Å². The molecular weight excluding hydrogens is 234 g/mol. The molecule has 0 radical (unpaired) electrons. The predicted molar refractivity (Wildman–Crippen MR) is 65.5 cm³/mol. The SMILES string of the molecule is CSc1cc(C2(C(N)=O)[C@@H]3CCC[C@@H]32)ncn1. The number of primary amides is 1. The maximum atomic E-state index is 11.9. The lowest BCUT2D eigenvalue weighted by Gasteiger charge is -2.16. The highest BCUT2D eigenvalue weighted by Crippen LogP contribution is 2.67. The lowest BCUT2D eigenvalue weighted by atomic mass is 9.91. The first-order valence-corrected chi connectivity index (χ1v) is 7.10. The van der Waals surface area contributed by atoms with Crippen LogP contribution >= 0.6 is 11.8 Å². The average molecular weight is 249 g/mol. The highest BCUT2D eigenvalue weighted by molar-refractivity contribution is 7.98. The third kappa shape index (κ3) is 1.35. The number of fused-ring (bicyclic) bond motifs is 1. The van der Waals surface area contributed by atoms with Gasteiger partial charge >= 0.3 is 0 Å². The van der Waals surface area contributed by atoms with E-state index in [-0.39, 0.29) is 5.91 Å². The van der Waals surface area contributed by atoms with Gasteiger partial charge in [0.25, 0.3) is 0 Å². The fourth-order valence-corrected chi connectivity index (χ4v) is 3.88. The Morgan fingerprint density at radius 1 is 1.47 bits per heavy atom. The van der Waals surface area contributed by atoms with E-state index < -0.39 is 5.41 Å². The molecular formula is C12H15N3OS. The summed E-state index contributed by atoms with van der Waals surface area (Å²) in [6.07, 6.45) is 6.93. The van der Waals surface area contributed by atoms with Crippen molar-refractivity contribution in [2.45, 2.75) is 29.7 Å². The van der Waals surface area contributed by atoms with Crippen LogP contribution in [0.2, 0.25) is 0 Å². The predicted octanol–water partition coefficient (Wildman–Crippen LogP) is 1.35. The molecule has 2 aliphatic carbocycles. The molecule has 2 saturated carbocycles. The number of hydrogen-bond donors (Lipinski definition) is 1. The molecule has 90 valence electrons. The van der Waals surface area contributed by atoms with Crippen molar-refractivity contribution in [3.05, 3.63) is 18.1 Å². The molecule has 2 fully saturated rings. The van der Waals surface area contributed by atoms with Gasteiger partial charge in [0.1, 0.15) is 6.33 Å². The van der Waals surface area contributed by atoms with Gasteiger partial charge in [-0.15, -0.1) is 11.8 Å². The lowest BCUT2D eigenvalue weighted by Crippen LogP contribution is -2.33. The van der Waals surface area contributed by atoms with Gasteiger partial charge in [-0.1, -0.05) is 6.42 Å². The number of amides is 1. The van der Waals surface area contributed by atoms with Crippen molar-refractivity contribution in [3.63, 3.8) is 0 Å². The Bertz CT molecular complexity index is 467. The maximum absolute atomic E-state index is 11.9. The van der Waals surface area contributed by atoms with Crippen molar-refractivity contribution in [1.29, 1.82) is 0 Å². The van der Waals surface area contributed by atoms with Crippen LogP contribution in [-0.2, 0) is 10.2 Å². The normalized spacial score (nSPS) is 34.4. The third-order valence-electron chi connectivity index (χ3n) is 4.26. The molecule has 1 heterocycles. The van der Waals surface area contributed by atoms with Gasteiger partial charge in [0.2, 0.25) is 5.91 Å². The summed E-state index contributed by atoms with van der Waals surface area (Å²) < 4.78 is 0. The first-order chi connectivity index (χ1) is 8.21. The number of nitrogens with two attached hydrogens (primary N) is 1. The zero-order valence-electron chi connectivity index (χ0n) is 9.72. The minimum absolute atomic E-state index is 0.210. The maximum Gasteiger partial charge on any atom is 0.230 e. The molecule has 0 aromatic carbocycles. The summed E-state index contributed by atoms with van der Waals surface area (Å²) >= 11 is 1.56. The zero-order chi connectivity index (χ0) is 12.0. The van der Waals surface area contributed by atoms with Gasteiger partial charge in [0.05, 0.1) is 16.1 Å². The number of aromatic nitrogens is 2. The quantitative estimate of drug-likeness (QED) is 0.648. The van der Waals surface area contributed by atoms with Crippen LogP contribution in [0.25, 0.3) is 0 Å². The summed E-state index contributed by atoms with van der Waals surface area (Å²) in [5, 5.41) is 0.903. The van der Waals surface area contributed by atoms with E-state index in [0.29, 0.717) is 11.8 Å². The number of carbonyl (C=O) groups is 1. The second-order valence-corrected chi connectivity index (χ2v) is 5.65. The largest absolute Gasteiger partial charge is 0.369 e. The van der Waals surface area contributed by atoms with Crippen LogP contribution in [0.3, 0.4) is 0 Å². The summed E-state index contributed by atoms with van der Waals surface area (Å²) in [7, 11) is 0. The number of rotatable bonds is 3. The number of nitrogens with zero attached hydrogens (tertiary/aromatic N) is 2. The van der Waals surface area contributed by atoms with E-state index in [0.717, 1.165) is 23.6 Å². The van der Waals surface area contributed by atoms with E-state index in [9.17, 15) is 4.79 Å². The molecule has 1 amide bonds. The Hall–Kier alpha value is -1.10. The fraction of sp³-hybridized carbons (Fsp3) is 0.583. The molecule has 0 bridgehead atoms. The number of carbonyl (C=O) groups excluding carboxylic acids is 1. The Morgan fingerprint density at radius 2 is 2.18 bits per heavy atom. The molecule has 0 saturated heterocycles. The molecule has 3 rings (SSSR count). The smallest absolute Gasteiger partial charge is 0.230 e. The minimum Gasteiger partial charge on any atom is -0.369 e. The van der Waals surface area contributed by atoms with E-state index in [2.05, 4.69) is 9.97 Å². The lowest BCUT2D eigenvalue weighted by molar-refractivity contribution is -0.121. The van der Waals surface area contributed by atoms with Crippen molar-refractivity contribution in [2.75, 3.05) is 6.26 Å². The molecule has 1 unspecified atom stereocenters. The van der Waals surface area contributed by atoms with E-state index >= 15 is 0 Å². The van der Waals surface area contributed by atoms with E-state index in [1.807, 2.05) is 12.3 Å². The first kappa shape index (κ1) is 11.0. The number of hydrogen-bond acceptors (Lipinski definition) is 4. The molecule has 4 nitrogen and oxygen atoms in total. The zero-order valence-corrected chi connectivity index (χ0v) is 10.5. The van der Waals surface area contributed by atoms with Gasteiger partial charge in [0, 0.05) is 0 Å².